The van der Waals surface area contributed by atoms with E-state index in [1.807, 2.05) is 84.9 Å². The maximum Gasteiger partial charge on any atom is 0.305 e. The molecule has 0 aliphatic carbocycles. The highest BCUT2D eigenvalue weighted by Gasteiger charge is 2.11. The smallest absolute Gasteiger partial charge is 0.305 e. The van der Waals surface area contributed by atoms with Crippen LogP contribution in [-0.4, -0.2) is 23.3 Å². The van der Waals surface area contributed by atoms with Gasteiger partial charge < -0.3 is 14.9 Å². The van der Waals surface area contributed by atoms with Crippen molar-refractivity contribution in [2.24, 2.45) is 0 Å². The Hall–Kier alpha value is -3.70. The molecule has 0 radical (unpaired) electrons. The van der Waals surface area contributed by atoms with Crippen LogP contribution in [0.4, 0.5) is 0 Å². The van der Waals surface area contributed by atoms with Crippen molar-refractivity contribution < 1.29 is 19.7 Å². The maximum atomic E-state index is 10.8. The van der Waals surface area contributed by atoms with Crippen molar-refractivity contribution >= 4 is 17.7 Å². The third kappa shape index (κ3) is 11.3. The standard InChI is InChI=1S/C24H18O2S.C13H26O2/c25-21-13-11-19(17-7-3-1-4-8-17)15-23(21)27-24-16-20(12-14-22(24)26)18-9-5-2-6-10-18;1-3-4-5-6-7-8-9-10-11-12-13(14)15-2/h1-16,25-26H;3-12H2,1-2H3. The van der Waals surface area contributed by atoms with Crippen LogP contribution in [0.15, 0.2) is 107 Å². The summed E-state index contributed by atoms with van der Waals surface area (Å²) in [6.45, 7) is 2.24. The van der Waals surface area contributed by atoms with Gasteiger partial charge >= 0.3 is 5.97 Å². The van der Waals surface area contributed by atoms with Crippen LogP contribution in [-0.2, 0) is 9.53 Å². The molecule has 4 aromatic carbocycles. The van der Waals surface area contributed by atoms with Crippen LogP contribution in [0.5, 0.6) is 11.5 Å². The normalized spacial score (nSPS) is 10.5. The number of phenols is 2. The summed E-state index contributed by atoms with van der Waals surface area (Å²) in [5.74, 6) is 0.325. The average Bonchev–Trinajstić information content (AvgIpc) is 3.03. The van der Waals surface area contributed by atoms with E-state index in [9.17, 15) is 15.0 Å². The number of phenolic OH excluding ortho intramolecular Hbond substituents is 2. The van der Waals surface area contributed by atoms with Gasteiger partial charge in [0.2, 0.25) is 0 Å². The number of methoxy groups -OCH3 is 1. The summed E-state index contributed by atoms with van der Waals surface area (Å²) >= 11 is 1.36. The van der Waals surface area contributed by atoms with E-state index in [1.54, 1.807) is 12.1 Å². The fourth-order valence-corrected chi connectivity index (χ4v) is 5.57. The third-order valence-electron chi connectivity index (χ3n) is 7.07. The van der Waals surface area contributed by atoms with Gasteiger partial charge in [-0.3, -0.25) is 4.79 Å². The molecular weight excluding hydrogens is 540 g/mol. The molecule has 0 aliphatic heterocycles. The number of esters is 1. The molecule has 42 heavy (non-hydrogen) atoms. The highest BCUT2D eigenvalue weighted by atomic mass is 32.2. The monoisotopic (exact) mass is 584 g/mol. The molecular formula is C37H44O4S. The van der Waals surface area contributed by atoms with Crippen LogP contribution in [0.1, 0.15) is 71.1 Å². The van der Waals surface area contributed by atoms with Gasteiger partial charge in [0, 0.05) is 6.42 Å². The molecule has 0 atom stereocenters. The lowest BCUT2D eigenvalue weighted by Crippen LogP contribution is -1.99. The van der Waals surface area contributed by atoms with Gasteiger partial charge in [-0.15, -0.1) is 0 Å². The van der Waals surface area contributed by atoms with Gasteiger partial charge in [-0.1, -0.05) is 143 Å². The zero-order chi connectivity index (χ0) is 30.0. The highest BCUT2D eigenvalue weighted by Crippen LogP contribution is 2.42. The van der Waals surface area contributed by atoms with Gasteiger partial charge in [0.25, 0.3) is 0 Å². The number of aromatic hydroxyl groups is 2. The van der Waals surface area contributed by atoms with E-state index in [2.05, 4.69) is 11.7 Å². The number of unbranched alkanes of at least 4 members (excludes halogenated alkanes) is 8. The number of carbonyl (C=O) groups is 1. The van der Waals surface area contributed by atoms with E-state index >= 15 is 0 Å². The Kier molecular flexibility index (Phi) is 14.6. The minimum atomic E-state index is -0.0713. The average molecular weight is 585 g/mol. The molecule has 0 saturated heterocycles. The highest BCUT2D eigenvalue weighted by molar-refractivity contribution is 7.99. The number of rotatable bonds is 14. The lowest BCUT2D eigenvalue weighted by Gasteiger charge is -2.11. The minimum Gasteiger partial charge on any atom is -0.507 e. The molecule has 0 saturated carbocycles. The first kappa shape index (κ1) is 32.8. The zero-order valence-electron chi connectivity index (χ0n) is 24.9. The molecule has 0 amide bonds. The summed E-state index contributed by atoms with van der Waals surface area (Å²) in [7, 11) is 1.45. The van der Waals surface area contributed by atoms with Crippen molar-refractivity contribution in [1.29, 1.82) is 0 Å². The third-order valence-corrected chi connectivity index (χ3v) is 8.16. The van der Waals surface area contributed by atoms with Crippen LogP contribution >= 0.6 is 11.8 Å². The minimum absolute atomic E-state index is 0.0713. The second-order valence-electron chi connectivity index (χ2n) is 10.4. The first-order valence-electron chi connectivity index (χ1n) is 15.0. The molecule has 0 unspecified atom stereocenters. The summed E-state index contributed by atoms with van der Waals surface area (Å²) in [6.07, 6.45) is 12.2. The number of hydrogen-bond acceptors (Lipinski definition) is 5. The lowest BCUT2D eigenvalue weighted by molar-refractivity contribution is -0.140. The van der Waals surface area contributed by atoms with Gasteiger partial charge in [0.15, 0.2) is 0 Å². The lowest BCUT2D eigenvalue weighted by atomic mass is 10.1. The van der Waals surface area contributed by atoms with E-state index in [0.29, 0.717) is 16.2 Å². The second-order valence-corrected chi connectivity index (χ2v) is 11.4. The fourth-order valence-electron chi connectivity index (χ4n) is 4.61. The van der Waals surface area contributed by atoms with Crippen LogP contribution in [0.2, 0.25) is 0 Å². The Bertz CT molecular complexity index is 1250. The van der Waals surface area contributed by atoms with Gasteiger partial charge in [-0.05, 0) is 52.9 Å². The SMILES string of the molecule is CCCCCCCCCCCC(=O)OC.Oc1ccc(-c2ccccc2)cc1Sc1cc(-c2ccccc2)ccc1O. The summed E-state index contributed by atoms with van der Waals surface area (Å²) < 4.78 is 4.58. The molecule has 4 rings (SSSR count). The number of ether oxygens (including phenoxy) is 1. The van der Waals surface area contributed by atoms with Crippen LogP contribution in [0.3, 0.4) is 0 Å². The molecule has 4 nitrogen and oxygen atoms in total. The van der Waals surface area contributed by atoms with Crippen LogP contribution in [0.25, 0.3) is 22.3 Å². The van der Waals surface area contributed by atoms with Crippen LogP contribution < -0.4 is 0 Å². The summed E-state index contributed by atoms with van der Waals surface area (Å²) in [5, 5.41) is 20.6. The first-order valence-corrected chi connectivity index (χ1v) is 15.8. The van der Waals surface area contributed by atoms with Crippen molar-refractivity contribution in [2.75, 3.05) is 7.11 Å². The van der Waals surface area contributed by atoms with Gasteiger partial charge in [-0.2, -0.15) is 0 Å². The molecule has 5 heteroatoms. The van der Waals surface area contributed by atoms with E-state index in [-0.39, 0.29) is 17.5 Å². The molecule has 0 heterocycles. The van der Waals surface area contributed by atoms with Gasteiger partial charge in [0.1, 0.15) is 11.5 Å². The summed E-state index contributed by atoms with van der Waals surface area (Å²) in [6, 6.07) is 31.1. The molecule has 0 aromatic heterocycles. The van der Waals surface area contributed by atoms with E-state index in [1.165, 1.54) is 70.2 Å². The van der Waals surface area contributed by atoms with E-state index in [4.69, 9.17) is 0 Å². The van der Waals surface area contributed by atoms with Crippen LogP contribution in [0, 0.1) is 0 Å². The Labute approximate surface area is 255 Å². The van der Waals surface area contributed by atoms with Crippen molar-refractivity contribution in [3.63, 3.8) is 0 Å². The van der Waals surface area contributed by atoms with Crippen molar-refractivity contribution in [1.82, 2.24) is 0 Å². The topological polar surface area (TPSA) is 66.8 Å². The number of carbonyl (C=O) groups excluding carboxylic acids is 1. The summed E-state index contributed by atoms with van der Waals surface area (Å²) in [5.41, 5.74) is 4.22. The molecule has 2 N–H and O–H groups in total. The number of hydrogen-bond donors (Lipinski definition) is 2. The molecule has 4 aromatic rings. The van der Waals surface area contributed by atoms with Gasteiger partial charge in [0.05, 0.1) is 16.9 Å². The Morgan fingerprint density at radius 3 is 1.45 bits per heavy atom. The van der Waals surface area contributed by atoms with E-state index in [0.717, 1.165) is 28.7 Å². The van der Waals surface area contributed by atoms with Crippen molar-refractivity contribution in [3.8, 4) is 33.8 Å². The first-order chi connectivity index (χ1) is 20.5. The molecule has 0 fully saturated rings. The van der Waals surface area contributed by atoms with E-state index < -0.39 is 0 Å². The summed E-state index contributed by atoms with van der Waals surface area (Å²) in [4.78, 5) is 12.2. The maximum absolute atomic E-state index is 10.8. The predicted molar refractivity (Wildman–Crippen MR) is 175 cm³/mol. The Morgan fingerprint density at radius 1 is 0.595 bits per heavy atom. The molecule has 0 aliphatic rings. The number of benzene rings is 4. The van der Waals surface area contributed by atoms with Crippen molar-refractivity contribution in [2.45, 2.75) is 80.9 Å². The largest absolute Gasteiger partial charge is 0.507 e. The molecule has 0 bridgehead atoms. The zero-order valence-corrected chi connectivity index (χ0v) is 25.7. The molecule has 222 valence electrons. The fraction of sp³-hybridized carbons (Fsp3) is 0.324. The Morgan fingerprint density at radius 2 is 1.02 bits per heavy atom. The second kappa shape index (κ2) is 18.7. The molecule has 0 spiro atoms. The van der Waals surface area contributed by atoms with Gasteiger partial charge in [-0.25, -0.2) is 0 Å². The quantitative estimate of drug-likeness (QED) is 0.114. The Balaban J connectivity index is 0.000000277. The van der Waals surface area contributed by atoms with Crippen molar-refractivity contribution in [3.05, 3.63) is 97.1 Å². The predicted octanol–water partition coefficient (Wildman–Crippen LogP) is 10.7.